The van der Waals surface area contributed by atoms with Crippen molar-refractivity contribution in [1.82, 2.24) is 0 Å². The molecule has 4 heteroatoms. The first kappa shape index (κ1) is 9.39. The second kappa shape index (κ2) is 2.98. The Balaban J connectivity index is 4.00. The maximum Gasteiger partial charge on any atom is 0.338 e. The highest BCUT2D eigenvalue weighted by Crippen LogP contribution is 2.08. The predicted molar refractivity (Wildman–Crippen MR) is 38.2 cm³/mol. The second-order valence-corrected chi connectivity index (χ2v) is 2.94. The van der Waals surface area contributed by atoms with Crippen molar-refractivity contribution in [2.24, 2.45) is 17.4 Å². The molecule has 10 heavy (non-hydrogen) atoms. The van der Waals surface area contributed by atoms with Gasteiger partial charge in [0.25, 0.3) is 0 Å². The molecule has 0 spiro atoms. The van der Waals surface area contributed by atoms with Gasteiger partial charge in [-0.25, -0.2) is 4.79 Å². The Hall–Kier alpha value is -0.610. The standard InChI is InChI=1S/C6H14N2O2/c1-4(2)3-6(7,8)5(9)10/h4H,3,7-8H2,1-2H3,(H,9,10). The molecule has 0 atom stereocenters. The van der Waals surface area contributed by atoms with Gasteiger partial charge in [0.1, 0.15) is 0 Å². The van der Waals surface area contributed by atoms with Crippen molar-refractivity contribution in [3.05, 3.63) is 0 Å². The van der Waals surface area contributed by atoms with Crippen molar-refractivity contribution in [1.29, 1.82) is 0 Å². The SMILES string of the molecule is CC(C)CC(N)(N)C(=O)O. The number of aliphatic carboxylic acids is 1. The van der Waals surface area contributed by atoms with Crippen molar-refractivity contribution in [3.63, 3.8) is 0 Å². The van der Waals surface area contributed by atoms with Crippen molar-refractivity contribution in [3.8, 4) is 0 Å². The van der Waals surface area contributed by atoms with Crippen LogP contribution in [-0.4, -0.2) is 16.7 Å². The summed E-state index contributed by atoms with van der Waals surface area (Å²) in [7, 11) is 0. The van der Waals surface area contributed by atoms with E-state index in [1.54, 1.807) is 0 Å². The van der Waals surface area contributed by atoms with E-state index in [0.29, 0.717) is 6.42 Å². The molecule has 0 aliphatic heterocycles. The van der Waals surface area contributed by atoms with E-state index < -0.39 is 11.6 Å². The Kier molecular flexibility index (Phi) is 2.80. The lowest BCUT2D eigenvalue weighted by atomic mass is 9.99. The van der Waals surface area contributed by atoms with Gasteiger partial charge in [-0.05, 0) is 12.3 Å². The van der Waals surface area contributed by atoms with E-state index >= 15 is 0 Å². The molecule has 5 N–H and O–H groups in total. The zero-order chi connectivity index (χ0) is 8.36. The Morgan fingerprint density at radius 2 is 2.00 bits per heavy atom. The van der Waals surface area contributed by atoms with Crippen molar-refractivity contribution < 1.29 is 9.90 Å². The number of hydrogen-bond donors (Lipinski definition) is 3. The fraction of sp³-hybridized carbons (Fsp3) is 0.833. The second-order valence-electron chi connectivity index (χ2n) is 2.94. The van der Waals surface area contributed by atoms with E-state index in [-0.39, 0.29) is 5.92 Å². The molecule has 0 aliphatic rings. The van der Waals surface area contributed by atoms with Crippen LogP contribution in [0.15, 0.2) is 0 Å². The zero-order valence-electron chi connectivity index (χ0n) is 6.29. The monoisotopic (exact) mass is 146 g/mol. The van der Waals surface area contributed by atoms with Gasteiger partial charge in [0.2, 0.25) is 0 Å². The van der Waals surface area contributed by atoms with Crippen molar-refractivity contribution in [2.45, 2.75) is 25.9 Å². The van der Waals surface area contributed by atoms with E-state index in [4.69, 9.17) is 16.6 Å². The van der Waals surface area contributed by atoms with Crippen molar-refractivity contribution in [2.75, 3.05) is 0 Å². The maximum absolute atomic E-state index is 10.3. The summed E-state index contributed by atoms with van der Waals surface area (Å²) in [6.45, 7) is 3.74. The highest BCUT2D eigenvalue weighted by Gasteiger charge is 2.29. The van der Waals surface area contributed by atoms with Gasteiger partial charge in [0.05, 0.1) is 0 Å². The lowest BCUT2D eigenvalue weighted by molar-refractivity contribution is -0.143. The Morgan fingerprint density at radius 3 is 2.10 bits per heavy atom. The molecule has 60 valence electrons. The highest BCUT2D eigenvalue weighted by atomic mass is 16.4. The van der Waals surface area contributed by atoms with E-state index in [0.717, 1.165) is 0 Å². The van der Waals surface area contributed by atoms with Gasteiger partial charge in [-0.1, -0.05) is 13.8 Å². The van der Waals surface area contributed by atoms with E-state index in [9.17, 15) is 4.79 Å². The largest absolute Gasteiger partial charge is 0.479 e. The summed E-state index contributed by atoms with van der Waals surface area (Å²) in [6.07, 6.45) is 0.294. The van der Waals surface area contributed by atoms with Gasteiger partial charge in [-0.15, -0.1) is 0 Å². The minimum Gasteiger partial charge on any atom is -0.479 e. The number of hydrogen-bond acceptors (Lipinski definition) is 3. The molecule has 4 nitrogen and oxygen atoms in total. The van der Waals surface area contributed by atoms with Crippen LogP contribution < -0.4 is 11.5 Å². The fourth-order valence-corrected chi connectivity index (χ4v) is 0.763. The summed E-state index contributed by atoms with van der Waals surface area (Å²) >= 11 is 0. The number of rotatable bonds is 3. The molecule has 0 saturated heterocycles. The predicted octanol–water partition coefficient (Wildman–Crippen LogP) is -0.269. The normalized spacial score (nSPS) is 12.1. The maximum atomic E-state index is 10.3. The third-order valence-electron chi connectivity index (χ3n) is 1.14. The van der Waals surface area contributed by atoms with Crippen LogP contribution in [0.2, 0.25) is 0 Å². The summed E-state index contributed by atoms with van der Waals surface area (Å²) in [5, 5.41) is 8.44. The molecule has 0 aromatic heterocycles. The van der Waals surface area contributed by atoms with Crippen LogP contribution in [0.25, 0.3) is 0 Å². The Bertz CT molecular complexity index is 132. The third kappa shape index (κ3) is 2.80. The highest BCUT2D eigenvalue weighted by molar-refractivity contribution is 5.77. The number of carboxylic acids is 1. The molecule has 0 saturated carbocycles. The molecule has 0 bridgehead atoms. The first-order valence-corrected chi connectivity index (χ1v) is 3.17. The first-order valence-electron chi connectivity index (χ1n) is 3.17. The number of nitrogens with two attached hydrogens (primary N) is 2. The molecule has 0 aliphatic carbocycles. The van der Waals surface area contributed by atoms with Gasteiger partial charge >= 0.3 is 5.97 Å². The molecule has 0 aromatic carbocycles. The molecule has 0 aromatic rings. The van der Waals surface area contributed by atoms with Crippen LogP contribution in [0, 0.1) is 5.92 Å². The van der Waals surface area contributed by atoms with Crippen LogP contribution in [0.4, 0.5) is 0 Å². The summed E-state index contributed by atoms with van der Waals surface area (Å²) < 4.78 is 0. The molecule has 0 heterocycles. The summed E-state index contributed by atoms with van der Waals surface area (Å²) in [5.41, 5.74) is 8.92. The summed E-state index contributed by atoms with van der Waals surface area (Å²) in [4.78, 5) is 10.3. The Morgan fingerprint density at radius 1 is 1.60 bits per heavy atom. The molecule has 0 unspecified atom stereocenters. The van der Waals surface area contributed by atoms with E-state index in [2.05, 4.69) is 0 Å². The van der Waals surface area contributed by atoms with Crippen molar-refractivity contribution >= 4 is 5.97 Å². The molecule has 0 fully saturated rings. The summed E-state index contributed by atoms with van der Waals surface area (Å²) in [6, 6.07) is 0. The minimum atomic E-state index is -1.56. The molecule has 0 rings (SSSR count). The molecular weight excluding hydrogens is 132 g/mol. The average molecular weight is 146 g/mol. The smallest absolute Gasteiger partial charge is 0.338 e. The average Bonchev–Trinajstić information content (AvgIpc) is 1.60. The van der Waals surface area contributed by atoms with Gasteiger partial charge in [0.15, 0.2) is 5.66 Å². The first-order chi connectivity index (χ1) is 4.36. The third-order valence-corrected chi connectivity index (χ3v) is 1.14. The van der Waals surface area contributed by atoms with Crippen LogP contribution in [0.5, 0.6) is 0 Å². The van der Waals surface area contributed by atoms with Crippen LogP contribution in [0.3, 0.4) is 0 Å². The van der Waals surface area contributed by atoms with Gasteiger partial charge in [-0.3, -0.25) is 0 Å². The minimum absolute atomic E-state index is 0.200. The van der Waals surface area contributed by atoms with Gasteiger partial charge in [0, 0.05) is 0 Å². The van der Waals surface area contributed by atoms with Gasteiger partial charge < -0.3 is 16.6 Å². The topological polar surface area (TPSA) is 89.3 Å². The molecule has 0 radical (unpaired) electrons. The molecule has 0 amide bonds. The number of carboxylic acid groups (broad SMARTS) is 1. The lowest BCUT2D eigenvalue weighted by Crippen LogP contribution is -2.57. The number of carbonyl (C=O) groups is 1. The Labute approximate surface area is 60.2 Å². The van der Waals surface area contributed by atoms with E-state index in [1.807, 2.05) is 13.8 Å². The quantitative estimate of drug-likeness (QED) is 0.478. The van der Waals surface area contributed by atoms with Crippen LogP contribution >= 0.6 is 0 Å². The lowest BCUT2D eigenvalue weighted by Gasteiger charge is -2.20. The van der Waals surface area contributed by atoms with Crippen LogP contribution in [0.1, 0.15) is 20.3 Å². The van der Waals surface area contributed by atoms with Crippen LogP contribution in [-0.2, 0) is 4.79 Å². The fourth-order valence-electron chi connectivity index (χ4n) is 0.763. The molecular formula is C6H14N2O2. The van der Waals surface area contributed by atoms with E-state index in [1.165, 1.54) is 0 Å². The van der Waals surface area contributed by atoms with Gasteiger partial charge in [-0.2, -0.15) is 0 Å². The summed E-state index contributed by atoms with van der Waals surface area (Å²) in [5.74, 6) is -0.952. The zero-order valence-corrected chi connectivity index (χ0v) is 6.29.